The summed E-state index contributed by atoms with van der Waals surface area (Å²) in [5.41, 5.74) is 1.48. The summed E-state index contributed by atoms with van der Waals surface area (Å²) < 4.78 is 15.1. The first-order chi connectivity index (χ1) is 12.5. The second-order valence-electron chi connectivity index (χ2n) is 5.41. The molecular weight excluding hydrogens is 358 g/mol. The number of amides is 1. The summed E-state index contributed by atoms with van der Waals surface area (Å²) in [5, 5.41) is 2.98. The van der Waals surface area contributed by atoms with E-state index < -0.39 is 11.9 Å². The van der Waals surface area contributed by atoms with Crippen molar-refractivity contribution in [1.29, 1.82) is 0 Å². The Morgan fingerprint density at radius 2 is 1.77 bits per heavy atom. The minimum atomic E-state index is -0.441. The summed E-state index contributed by atoms with van der Waals surface area (Å²) in [6, 6.07) is 12.3. The van der Waals surface area contributed by atoms with Crippen LogP contribution in [0.4, 0.5) is 5.69 Å². The van der Waals surface area contributed by atoms with Gasteiger partial charge >= 0.3 is 5.97 Å². The molecule has 0 saturated heterocycles. The van der Waals surface area contributed by atoms with Gasteiger partial charge in [-0.2, -0.15) is 0 Å². The summed E-state index contributed by atoms with van der Waals surface area (Å²) in [6.45, 7) is -0.356. The molecule has 0 radical (unpaired) electrons. The lowest BCUT2D eigenvalue weighted by Crippen LogP contribution is -2.21. The molecule has 0 saturated carbocycles. The van der Waals surface area contributed by atoms with Crippen LogP contribution in [0.1, 0.15) is 12.0 Å². The molecule has 2 rings (SSSR count). The van der Waals surface area contributed by atoms with Crippen LogP contribution in [0.25, 0.3) is 0 Å². The molecule has 0 fully saturated rings. The van der Waals surface area contributed by atoms with Crippen LogP contribution in [-0.4, -0.2) is 32.7 Å². The molecular formula is C19H20ClNO5. The number of methoxy groups -OCH3 is 2. The van der Waals surface area contributed by atoms with Crippen molar-refractivity contribution in [3.8, 4) is 11.5 Å². The Labute approximate surface area is 157 Å². The Hall–Kier alpha value is -2.73. The van der Waals surface area contributed by atoms with Gasteiger partial charge in [0, 0.05) is 12.1 Å². The van der Waals surface area contributed by atoms with Crippen LogP contribution in [0.2, 0.25) is 5.02 Å². The molecule has 1 amide bonds. The lowest BCUT2D eigenvalue weighted by atomic mass is 10.1. The highest BCUT2D eigenvalue weighted by atomic mass is 35.5. The lowest BCUT2D eigenvalue weighted by Gasteiger charge is -2.09. The van der Waals surface area contributed by atoms with Crippen LogP contribution in [0.3, 0.4) is 0 Å². The van der Waals surface area contributed by atoms with Gasteiger partial charge in [-0.05, 0) is 42.3 Å². The number of nitrogens with one attached hydrogen (secondary N) is 1. The minimum Gasteiger partial charge on any atom is -0.497 e. The molecule has 0 aromatic heterocycles. The van der Waals surface area contributed by atoms with Crippen molar-refractivity contribution in [3.05, 3.63) is 53.1 Å². The smallest absolute Gasteiger partial charge is 0.306 e. The van der Waals surface area contributed by atoms with Crippen molar-refractivity contribution in [1.82, 2.24) is 0 Å². The van der Waals surface area contributed by atoms with Gasteiger partial charge in [-0.15, -0.1) is 0 Å². The summed E-state index contributed by atoms with van der Waals surface area (Å²) >= 11 is 5.99. The third-order valence-electron chi connectivity index (χ3n) is 3.58. The van der Waals surface area contributed by atoms with E-state index in [9.17, 15) is 9.59 Å². The first-order valence-corrected chi connectivity index (χ1v) is 8.31. The topological polar surface area (TPSA) is 73.9 Å². The SMILES string of the molecule is COc1ccc(CCC(=O)OCC(=O)Nc2ccc(OC)c(Cl)c2)cc1. The Morgan fingerprint density at radius 3 is 2.38 bits per heavy atom. The largest absolute Gasteiger partial charge is 0.497 e. The van der Waals surface area contributed by atoms with Gasteiger partial charge in [0.2, 0.25) is 0 Å². The summed E-state index contributed by atoms with van der Waals surface area (Å²) in [7, 11) is 3.10. The third kappa shape index (κ3) is 5.97. The maximum absolute atomic E-state index is 11.9. The molecule has 0 bridgehead atoms. The first kappa shape index (κ1) is 19.6. The van der Waals surface area contributed by atoms with Crippen LogP contribution in [0, 0.1) is 0 Å². The number of esters is 1. The molecule has 0 unspecified atom stereocenters. The van der Waals surface area contributed by atoms with Gasteiger partial charge in [0.25, 0.3) is 5.91 Å². The third-order valence-corrected chi connectivity index (χ3v) is 3.87. The van der Waals surface area contributed by atoms with Crippen LogP contribution in [0.5, 0.6) is 11.5 Å². The second kappa shape index (κ2) is 9.68. The molecule has 0 spiro atoms. The van der Waals surface area contributed by atoms with Crippen molar-refractivity contribution < 1.29 is 23.8 Å². The van der Waals surface area contributed by atoms with Crippen molar-refractivity contribution in [2.45, 2.75) is 12.8 Å². The molecule has 0 heterocycles. The van der Waals surface area contributed by atoms with Crippen molar-refractivity contribution in [3.63, 3.8) is 0 Å². The highest BCUT2D eigenvalue weighted by Gasteiger charge is 2.10. The fourth-order valence-corrected chi connectivity index (χ4v) is 2.46. The van der Waals surface area contributed by atoms with E-state index in [4.69, 9.17) is 25.8 Å². The van der Waals surface area contributed by atoms with Crippen molar-refractivity contribution >= 4 is 29.2 Å². The number of carbonyl (C=O) groups is 2. The van der Waals surface area contributed by atoms with Crippen molar-refractivity contribution in [2.75, 3.05) is 26.1 Å². The summed E-state index contributed by atoms with van der Waals surface area (Å²) in [6.07, 6.45) is 0.715. The van der Waals surface area contributed by atoms with E-state index in [1.807, 2.05) is 24.3 Å². The zero-order valence-corrected chi connectivity index (χ0v) is 15.3. The maximum atomic E-state index is 11.9. The van der Waals surface area contributed by atoms with E-state index in [1.54, 1.807) is 25.3 Å². The molecule has 138 valence electrons. The number of carbonyl (C=O) groups excluding carboxylic acids is 2. The van der Waals surface area contributed by atoms with E-state index >= 15 is 0 Å². The van der Waals surface area contributed by atoms with Gasteiger partial charge in [-0.1, -0.05) is 23.7 Å². The lowest BCUT2D eigenvalue weighted by molar-refractivity contribution is -0.147. The molecule has 0 atom stereocenters. The quantitative estimate of drug-likeness (QED) is 0.713. The Kier molecular flexibility index (Phi) is 7.29. The van der Waals surface area contributed by atoms with Gasteiger partial charge < -0.3 is 19.5 Å². The summed E-state index contributed by atoms with van der Waals surface area (Å²) in [5.74, 6) is 0.383. The first-order valence-electron chi connectivity index (χ1n) is 7.93. The normalized spacial score (nSPS) is 10.1. The minimum absolute atomic E-state index is 0.188. The number of rotatable bonds is 8. The van der Waals surface area contributed by atoms with Crippen LogP contribution in [-0.2, 0) is 20.7 Å². The monoisotopic (exact) mass is 377 g/mol. The molecule has 26 heavy (non-hydrogen) atoms. The van der Waals surface area contributed by atoms with E-state index in [1.165, 1.54) is 7.11 Å². The number of anilines is 1. The average molecular weight is 378 g/mol. The van der Waals surface area contributed by atoms with Gasteiger partial charge in [0.15, 0.2) is 6.61 Å². The predicted octanol–water partition coefficient (Wildman–Crippen LogP) is 3.47. The second-order valence-corrected chi connectivity index (χ2v) is 5.81. The maximum Gasteiger partial charge on any atom is 0.306 e. The van der Waals surface area contributed by atoms with E-state index in [-0.39, 0.29) is 13.0 Å². The number of halogens is 1. The molecule has 1 N–H and O–H groups in total. The Morgan fingerprint density at radius 1 is 1.04 bits per heavy atom. The number of ether oxygens (including phenoxy) is 3. The van der Waals surface area contributed by atoms with Gasteiger partial charge in [0.1, 0.15) is 11.5 Å². The number of benzene rings is 2. The van der Waals surface area contributed by atoms with Crippen molar-refractivity contribution in [2.24, 2.45) is 0 Å². The number of hydrogen-bond donors (Lipinski definition) is 1. The van der Waals surface area contributed by atoms with E-state index in [2.05, 4.69) is 5.32 Å². The molecule has 2 aromatic carbocycles. The molecule has 0 aliphatic rings. The number of aryl methyl sites for hydroxylation is 1. The highest BCUT2D eigenvalue weighted by Crippen LogP contribution is 2.27. The zero-order valence-electron chi connectivity index (χ0n) is 14.6. The molecule has 2 aromatic rings. The van der Waals surface area contributed by atoms with Gasteiger partial charge in [-0.3, -0.25) is 9.59 Å². The average Bonchev–Trinajstić information content (AvgIpc) is 2.65. The fraction of sp³-hybridized carbons (Fsp3) is 0.263. The standard InChI is InChI=1S/C19H20ClNO5/c1-24-15-7-3-13(4-8-15)5-10-19(23)26-12-18(22)21-14-6-9-17(25-2)16(20)11-14/h3-4,6-9,11H,5,10,12H2,1-2H3,(H,21,22). The van der Waals surface area contributed by atoms with E-state index in [0.717, 1.165) is 11.3 Å². The van der Waals surface area contributed by atoms with Gasteiger partial charge in [-0.25, -0.2) is 0 Å². The molecule has 7 heteroatoms. The number of hydrogen-bond acceptors (Lipinski definition) is 5. The van der Waals surface area contributed by atoms with Gasteiger partial charge in [0.05, 0.1) is 19.2 Å². The predicted molar refractivity (Wildman–Crippen MR) is 98.9 cm³/mol. The molecule has 0 aliphatic heterocycles. The van der Waals surface area contributed by atoms with Crippen LogP contribution >= 0.6 is 11.6 Å². The Bertz CT molecular complexity index is 761. The Balaban J connectivity index is 1.74. The fourth-order valence-electron chi connectivity index (χ4n) is 2.20. The van der Waals surface area contributed by atoms with Crippen LogP contribution in [0.15, 0.2) is 42.5 Å². The van der Waals surface area contributed by atoms with Crippen LogP contribution < -0.4 is 14.8 Å². The summed E-state index contributed by atoms with van der Waals surface area (Å²) in [4.78, 5) is 23.6. The molecule has 6 nitrogen and oxygen atoms in total. The molecule has 0 aliphatic carbocycles. The zero-order chi connectivity index (χ0) is 18.9. The van der Waals surface area contributed by atoms with E-state index in [0.29, 0.717) is 22.9 Å². The highest BCUT2D eigenvalue weighted by molar-refractivity contribution is 6.32.